The Hall–Kier alpha value is -3.88. The number of pyridine rings is 1. The molecule has 1 fully saturated rings. The first-order valence-electron chi connectivity index (χ1n) is 12.5. The summed E-state index contributed by atoms with van der Waals surface area (Å²) in [5, 5.41) is 10.1. The Morgan fingerprint density at radius 1 is 1.03 bits per heavy atom. The number of hydrogen-bond donors (Lipinski definition) is 0. The van der Waals surface area contributed by atoms with Crippen molar-refractivity contribution in [2.45, 2.75) is 38.9 Å². The van der Waals surface area contributed by atoms with Crippen molar-refractivity contribution in [1.29, 1.82) is 5.26 Å². The molecule has 0 radical (unpaired) electrons. The molecule has 2 heterocycles. The van der Waals surface area contributed by atoms with Gasteiger partial charge < -0.3 is 14.4 Å². The van der Waals surface area contributed by atoms with E-state index in [0.29, 0.717) is 5.56 Å². The Labute approximate surface area is 213 Å². The molecule has 1 aliphatic carbocycles. The molecule has 0 N–H and O–H groups in total. The van der Waals surface area contributed by atoms with Crippen molar-refractivity contribution < 1.29 is 9.47 Å². The molecule has 2 aromatic carbocycles. The highest BCUT2D eigenvalue weighted by Gasteiger charge is 2.23. The van der Waals surface area contributed by atoms with Gasteiger partial charge in [0.15, 0.2) is 0 Å². The summed E-state index contributed by atoms with van der Waals surface area (Å²) < 4.78 is 11.9. The van der Waals surface area contributed by atoms with Crippen LogP contribution in [0.3, 0.4) is 0 Å². The molecule has 5 rings (SSSR count). The van der Waals surface area contributed by atoms with Crippen LogP contribution in [0.4, 0.5) is 0 Å². The van der Waals surface area contributed by atoms with Crippen LogP contribution < -0.4 is 4.74 Å². The lowest BCUT2D eigenvalue weighted by atomic mass is 9.95. The second-order valence-electron chi connectivity index (χ2n) is 9.48. The van der Waals surface area contributed by atoms with Gasteiger partial charge in [0.05, 0.1) is 36.5 Å². The van der Waals surface area contributed by atoms with Gasteiger partial charge in [0.2, 0.25) is 0 Å². The monoisotopic (exact) mass is 477 g/mol. The molecule has 1 aliphatic heterocycles. The number of fused-ring (bicyclic) bond motifs is 1. The second kappa shape index (κ2) is 10.4. The summed E-state index contributed by atoms with van der Waals surface area (Å²) in [4.78, 5) is 7.33. The highest BCUT2D eigenvalue weighted by Crippen LogP contribution is 2.38. The number of aromatic nitrogens is 1. The summed E-state index contributed by atoms with van der Waals surface area (Å²) >= 11 is 0. The van der Waals surface area contributed by atoms with Crippen molar-refractivity contribution in [3.8, 4) is 22.9 Å². The first-order valence-corrected chi connectivity index (χ1v) is 12.5. The van der Waals surface area contributed by atoms with Crippen LogP contribution in [0, 0.1) is 11.3 Å². The maximum absolute atomic E-state index is 9.14. The molecule has 0 bridgehead atoms. The van der Waals surface area contributed by atoms with E-state index in [9.17, 15) is 0 Å². The third kappa shape index (κ3) is 4.78. The molecule has 0 spiro atoms. The quantitative estimate of drug-likeness (QED) is 0.429. The number of ether oxygens (including phenoxy) is 2. The molecule has 5 nitrogen and oxygen atoms in total. The molecule has 36 heavy (non-hydrogen) atoms. The standard InChI is InChI=1S/C31H31N3O2/c1-21-19-34(20-22(2)36-21)26-8-5-4-7-24(15-16-26)29-18-33-30-27(9-6-10-28(30)31(29)35-3)25-13-11-23(17-32)12-14-25/h5-6,8-16,18,21-22H,4,7,19-20H2,1-3H3/b8-5-,24-15+,26-16+/t21-,22+. The van der Waals surface area contributed by atoms with Crippen LogP contribution in [-0.4, -0.2) is 42.3 Å². The van der Waals surface area contributed by atoms with Crippen molar-refractivity contribution in [3.63, 3.8) is 0 Å². The summed E-state index contributed by atoms with van der Waals surface area (Å²) in [6.07, 6.45) is 13.2. The number of morpholine rings is 1. The molecule has 2 aliphatic rings. The third-order valence-corrected chi connectivity index (χ3v) is 6.83. The van der Waals surface area contributed by atoms with Gasteiger partial charge >= 0.3 is 0 Å². The van der Waals surface area contributed by atoms with Crippen LogP contribution in [-0.2, 0) is 4.74 Å². The minimum Gasteiger partial charge on any atom is -0.495 e. The minimum absolute atomic E-state index is 0.215. The fraction of sp³-hybridized carbons (Fsp3) is 0.290. The molecule has 0 saturated carbocycles. The summed E-state index contributed by atoms with van der Waals surface area (Å²) in [5.41, 5.74) is 7.03. The Kier molecular flexibility index (Phi) is 6.88. The van der Waals surface area contributed by atoms with Gasteiger partial charge in [0.25, 0.3) is 0 Å². The van der Waals surface area contributed by atoms with Crippen molar-refractivity contribution >= 4 is 16.5 Å². The maximum atomic E-state index is 9.14. The van der Waals surface area contributed by atoms with E-state index in [-0.39, 0.29) is 12.2 Å². The maximum Gasteiger partial charge on any atom is 0.137 e. The molecular formula is C31H31N3O2. The summed E-state index contributed by atoms with van der Waals surface area (Å²) in [5.74, 6) is 0.842. The van der Waals surface area contributed by atoms with Gasteiger partial charge in [0.1, 0.15) is 5.75 Å². The normalized spacial score (nSPS) is 24.0. The predicted octanol–water partition coefficient (Wildman–Crippen LogP) is 6.51. The van der Waals surface area contributed by atoms with Crippen LogP contribution in [0.2, 0.25) is 0 Å². The predicted molar refractivity (Wildman–Crippen MR) is 144 cm³/mol. The number of methoxy groups -OCH3 is 1. The summed E-state index contributed by atoms with van der Waals surface area (Å²) in [6, 6.07) is 16.0. The van der Waals surface area contributed by atoms with E-state index in [4.69, 9.17) is 19.7 Å². The second-order valence-corrected chi connectivity index (χ2v) is 9.48. The first-order chi connectivity index (χ1) is 17.6. The lowest BCUT2D eigenvalue weighted by Crippen LogP contribution is -2.44. The molecule has 2 atom stereocenters. The van der Waals surface area contributed by atoms with Gasteiger partial charge in [-0.15, -0.1) is 0 Å². The van der Waals surface area contributed by atoms with Gasteiger partial charge in [-0.05, 0) is 68.2 Å². The molecular weight excluding hydrogens is 446 g/mol. The van der Waals surface area contributed by atoms with Crippen LogP contribution in [0.1, 0.15) is 37.8 Å². The molecule has 182 valence electrons. The fourth-order valence-electron chi connectivity index (χ4n) is 5.20. The summed E-state index contributed by atoms with van der Waals surface area (Å²) in [7, 11) is 1.73. The molecule has 1 saturated heterocycles. The van der Waals surface area contributed by atoms with Gasteiger partial charge in [0, 0.05) is 41.5 Å². The average Bonchev–Trinajstić information content (AvgIpc) is 2.87. The SMILES string of the molecule is COc1c(/C2=C/C=C(N3C[C@@H](C)O[C@@H](C)C3)\C=C/CC2)cnc2c(-c3ccc(C#N)cc3)cccc12. The van der Waals surface area contributed by atoms with E-state index in [2.05, 4.69) is 61.3 Å². The zero-order valence-electron chi connectivity index (χ0n) is 21.1. The highest BCUT2D eigenvalue weighted by molar-refractivity contribution is 5.99. The first kappa shape index (κ1) is 23.8. The van der Waals surface area contributed by atoms with Crippen molar-refractivity contribution in [2.75, 3.05) is 20.2 Å². The number of hydrogen-bond acceptors (Lipinski definition) is 5. The van der Waals surface area contributed by atoms with Crippen LogP contribution in [0.25, 0.3) is 27.6 Å². The number of para-hydroxylation sites is 1. The number of nitrogens with zero attached hydrogens (tertiary/aromatic N) is 3. The van der Waals surface area contributed by atoms with E-state index in [1.165, 1.54) is 11.3 Å². The lowest BCUT2D eigenvalue weighted by molar-refractivity contribution is -0.0567. The van der Waals surface area contributed by atoms with E-state index < -0.39 is 0 Å². The molecule has 3 aromatic rings. The van der Waals surface area contributed by atoms with Gasteiger partial charge in [-0.2, -0.15) is 5.26 Å². The molecule has 0 amide bonds. The molecule has 5 heteroatoms. The highest BCUT2D eigenvalue weighted by atomic mass is 16.5. The summed E-state index contributed by atoms with van der Waals surface area (Å²) in [6.45, 7) is 6.05. The zero-order valence-corrected chi connectivity index (χ0v) is 21.1. The van der Waals surface area contributed by atoms with Crippen molar-refractivity contribution in [2.24, 2.45) is 0 Å². The average molecular weight is 478 g/mol. The Morgan fingerprint density at radius 2 is 1.81 bits per heavy atom. The van der Waals surface area contributed by atoms with Gasteiger partial charge in [-0.1, -0.05) is 36.4 Å². The van der Waals surface area contributed by atoms with E-state index in [1.54, 1.807) is 7.11 Å². The molecule has 0 unspecified atom stereocenters. The Balaban J connectivity index is 1.55. The van der Waals surface area contributed by atoms with E-state index >= 15 is 0 Å². The molecule has 1 aromatic heterocycles. The van der Waals surface area contributed by atoms with Crippen molar-refractivity contribution in [3.05, 3.63) is 89.8 Å². The van der Waals surface area contributed by atoms with Gasteiger partial charge in [-0.25, -0.2) is 0 Å². The van der Waals surface area contributed by atoms with Crippen LogP contribution >= 0.6 is 0 Å². The Morgan fingerprint density at radius 3 is 2.53 bits per heavy atom. The van der Waals surface area contributed by atoms with Crippen molar-refractivity contribution in [1.82, 2.24) is 9.88 Å². The number of benzene rings is 2. The smallest absolute Gasteiger partial charge is 0.137 e. The van der Waals surface area contributed by atoms with Gasteiger partial charge in [-0.3, -0.25) is 4.98 Å². The number of allylic oxidation sites excluding steroid dienone is 5. The largest absolute Gasteiger partial charge is 0.495 e. The van der Waals surface area contributed by atoms with Crippen LogP contribution in [0.15, 0.2) is 78.7 Å². The number of nitriles is 1. The third-order valence-electron chi connectivity index (χ3n) is 6.83. The van der Waals surface area contributed by atoms with E-state index in [0.717, 1.165) is 59.3 Å². The van der Waals surface area contributed by atoms with E-state index in [1.807, 2.05) is 36.5 Å². The Bertz CT molecular complexity index is 1390. The minimum atomic E-state index is 0.215. The zero-order chi connectivity index (χ0) is 25.1. The topological polar surface area (TPSA) is 58.4 Å². The fourth-order valence-corrected chi connectivity index (χ4v) is 5.20. The number of rotatable bonds is 4. The van der Waals surface area contributed by atoms with Crippen LogP contribution in [0.5, 0.6) is 5.75 Å². The lowest BCUT2D eigenvalue weighted by Gasteiger charge is -2.37.